The number of hydrogen-bond donors (Lipinski definition) is 0. The molecule has 3 aromatic heterocycles. The number of aryl methyl sites for hydroxylation is 1. The minimum Gasteiger partial charge on any atom is -0.368 e. The molecule has 0 spiro atoms. The van der Waals surface area contributed by atoms with Crippen LogP contribution in [-0.4, -0.2) is 60.2 Å². The summed E-state index contributed by atoms with van der Waals surface area (Å²) in [6, 6.07) is 12.0. The van der Waals surface area contributed by atoms with Crippen molar-refractivity contribution in [2.75, 3.05) is 42.2 Å². The summed E-state index contributed by atoms with van der Waals surface area (Å²) >= 11 is 6.58. The smallest absolute Gasteiger partial charge is 0.225 e. The number of rotatable bonds is 4. The van der Waals surface area contributed by atoms with Crippen molar-refractivity contribution in [1.82, 2.24) is 19.4 Å². The first kappa shape index (κ1) is 21.7. The normalized spacial score (nSPS) is 14.8. The first-order chi connectivity index (χ1) is 15.8. The first-order valence-corrected chi connectivity index (χ1v) is 12.8. The van der Waals surface area contributed by atoms with E-state index in [1.807, 2.05) is 43.5 Å². The zero-order chi connectivity index (χ0) is 23.2. The van der Waals surface area contributed by atoms with Crippen molar-refractivity contribution in [3.8, 4) is 11.3 Å². The van der Waals surface area contributed by atoms with Crippen LogP contribution in [-0.2, 0) is 9.84 Å². The molecule has 0 saturated carbocycles. The second-order valence-electron chi connectivity index (χ2n) is 8.10. The van der Waals surface area contributed by atoms with Crippen molar-refractivity contribution in [2.45, 2.75) is 11.8 Å². The Morgan fingerprint density at radius 3 is 2.33 bits per heavy atom. The maximum atomic E-state index is 11.6. The number of nitrogens with zero attached hydrogens (tertiary/aromatic N) is 6. The molecule has 0 bridgehead atoms. The maximum Gasteiger partial charge on any atom is 0.225 e. The van der Waals surface area contributed by atoms with E-state index in [-0.39, 0.29) is 4.90 Å². The number of imidazole rings is 1. The topological polar surface area (TPSA) is 83.7 Å². The van der Waals surface area contributed by atoms with Crippen LogP contribution in [0, 0.1) is 6.92 Å². The summed E-state index contributed by atoms with van der Waals surface area (Å²) in [6.45, 7) is 5.06. The lowest BCUT2D eigenvalue weighted by atomic mass is 10.1. The molecule has 33 heavy (non-hydrogen) atoms. The number of aromatic nitrogens is 4. The zero-order valence-corrected chi connectivity index (χ0v) is 19.9. The van der Waals surface area contributed by atoms with Crippen molar-refractivity contribution in [1.29, 1.82) is 0 Å². The molecule has 0 aliphatic carbocycles. The lowest BCUT2D eigenvalue weighted by molar-refractivity contribution is 0.600. The fraction of sp³-hybridized carbons (Fsp3) is 0.261. The first-order valence-electron chi connectivity index (χ1n) is 10.6. The molecule has 0 unspecified atom stereocenters. The Hall–Kier alpha value is -3.17. The van der Waals surface area contributed by atoms with Crippen LogP contribution >= 0.6 is 11.6 Å². The van der Waals surface area contributed by atoms with Gasteiger partial charge in [0, 0.05) is 55.6 Å². The van der Waals surface area contributed by atoms with Gasteiger partial charge in [0.1, 0.15) is 10.5 Å². The highest BCUT2D eigenvalue weighted by Gasteiger charge is 2.22. The number of fused-ring (bicyclic) bond motifs is 1. The predicted octanol–water partition coefficient (Wildman–Crippen LogP) is 3.48. The summed E-state index contributed by atoms with van der Waals surface area (Å²) in [5.41, 5.74) is 4.81. The summed E-state index contributed by atoms with van der Waals surface area (Å²) in [7, 11) is -3.31. The number of anilines is 2. The van der Waals surface area contributed by atoms with E-state index in [9.17, 15) is 8.42 Å². The van der Waals surface area contributed by atoms with E-state index in [1.165, 1.54) is 12.4 Å². The number of hydrogen-bond acceptors (Lipinski definition) is 7. The Labute approximate surface area is 197 Å². The van der Waals surface area contributed by atoms with E-state index >= 15 is 0 Å². The molecule has 1 saturated heterocycles. The second kappa shape index (κ2) is 8.31. The fourth-order valence-corrected chi connectivity index (χ4v) is 4.79. The van der Waals surface area contributed by atoms with Gasteiger partial charge >= 0.3 is 0 Å². The van der Waals surface area contributed by atoms with Crippen LogP contribution in [0.1, 0.15) is 5.69 Å². The van der Waals surface area contributed by atoms with Crippen LogP contribution in [0.4, 0.5) is 11.6 Å². The summed E-state index contributed by atoms with van der Waals surface area (Å²) in [5.74, 6) is 0.541. The van der Waals surface area contributed by atoms with Crippen molar-refractivity contribution in [3.05, 3.63) is 65.7 Å². The molecule has 1 aliphatic heterocycles. The van der Waals surface area contributed by atoms with Crippen LogP contribution in [0.5, 0.6) is 0 Å². The van der Waals surface area contributed by atoms with Gasteiger partial charge in [0.2, 0.25) is 5.95 Å². The average molecular weight is 483 g/mol. The highest BCUT2D eigenvalue weighted by molar-refractivity contribution is 7.90. The van der Waals surface area contributed by atoms with Gasteiger partial charge in [0.05, 0.1) is 23.1 Å². The Bertz CT molecular complexity index is 1430. The Morgan fingerprint density at radius 1 is 0.970 bits per heavy atom. The number of halogens is 1. The van der Waals surface area contributed by atoms with E-state index in [0.29, 0.717) is 11.0 Å². The van der Waals surface area contributed by atoms with Gasteiger partial charge in [-0.25, -0.2) is 23.4 Å². The second-order valence-corrected chi connectivity index (χ2v) is 10.5. The van der Waals surface area contributed by atoms with Crippen molar-refractivity contribution < 1.29 is 8.42 Å². The van der Waals surface area contributed by atoms with Crippen LogP contribution < -0.4 is 9.80 Å². The van der Waals surface area contributed by atoms with Crippen LogP contribution in [0.3, 0.4) is 0 Å². The highest BCUT2D eigenvalue weighted by atomic mass is 35.5. The number of pyridine rings is 1. The summed E-state index contributed by atoms with van der Waals surface area (Å²) in [4.78, 5) is 17.8. The molecule has 4 heterocycles. The molecule has 170 valence electrons. The molecule has 1 aromatic carbocycles. The van der Waals surface area contributed by atoms with Gasteiger partial charge < -0.3 is 14.2 Å². The monoisotopic (exact) mass is 482 g/mol. The van der Waals surface area contributed by atoms with E-state index in [2.05, 4.69) is 30.2 Å². The Balaban J connectivity index is 1.36. The zero-order valence-electron chi connectivity index (χ0n) is 18.3. The average Bonchev–Trinajstić information content (AvgIpc) is 3.15. The molecule has 0 atom stereocenters. The molecule has 0 amide bonds. The number of sulfone groups is 1. The van der Waals surface area contributed by atoms with Gasteiger partial charge in [-0.1, -0.05) is 17.7 Å². The molecular weight excluding hydrogens is 460 g/mol. The largest absolute Gasteiger partial charge is 0.368 e. The van der Waals surface area contributed by atoms with Crippen molar-refractivity contribution >= 4 is 38.7 Å². The highest BCUT2D eigenvalue weighted by Crippen LogP contribution is 2.34. The van der Waals surface area contributed by atoms with Crippen LogP contribution in [0.25, 0.3) is 16.9 Å². The molecule has 10 heteroatoms. The van der Waals surface area contributed by atoms with Gasteiger partial charge in [0.25, 0.3) is 0 Å². The third kappa shape index (κ3) is 4.14. The Kier molecular flexibility index (Phi) is 5.46. The third-order valence-corrected chi connectivity index (χ3v) is 7.34. The van der Waals surface area contributed by atoms with Gasteiger partial charge in [0.15, 0.2) is 9.84 Å². The maximum absolute atomic E-state index is 11.6. The van der Waals surface area contributed by atoms with Gasteiger partial charge in [-0.2, -0.15) is 0 Å². The standard InChI is InChI=1S/C23H23ClN6O2S/c1-16-22(27-21-5-3-4-8-30(16)21)19-13-17(6-7-20(19)24)28-9-11-29(12-10-28)23-25-14-18(15-26-23)33(2,31)32/h3-8,13-15H,9-12H2,1-2H3. The van der Waals surface area contributed by atoms with Gasteiger partial charge in [-0.05, 0) is 37.3 Å². The van der Waals surface area contributed by atoms with E-state index < -0.39 is 9.84 Å². The third-order valence-electron chi connectivity index (χ3n) is 5.94. The molecular formula is C23H23ClN6O2S. The molecule has 1 fully saturated rings. The predicted molar refractivity (Wildman–Crippen MR) is 130 cm³/mol. The summed E-state index contributed by atoms with van der Waals surface area (Å²) in [6.07, 6.45) is 5.89. The minimum atomic E-state index is -3.31. The van der Waals surface area contributed by atoms with E-state index in [1.54, 1.807) is 0 Å². The molecule has 8 nitrogen and oxygen atoms in total. The molecule has 5 rings (SSSR count). The SMILES string of the molecule is Cc1c(-c2cc(N3CCN(c4ncc(S(C)(=O)=O)cn4)CC3)ccc2Cl)nc2ccccn12. The van der Waals surface area contributed by atoms with Crippen LogP contribution in [0.15, 0.2) is 59.9 Å². The van der Waals surface area contributed by atoms with E-state index in [0.717, 1.165) is 60.7 Å². The lowest BCUT2D eigenvalue weighted by Gasteiger charge is -2.36. The molecule has 0 radical (unpaired) electrons. The quantitative estimate of drug-likeness (QED) is 0.440. The van der Waals surface area contributed by atoms with Crippen molar-refractivity contribution in [3.63, 3.8) is 0 Å². The van der Waals surface area contributed by atoms with Crippen molar-refractivity contribution in [2.24, 2.45) is 0 Å². The van der Waals surface area contributed by atoms with E-state index in [4.69, 9.17) is 16.6 Å². The minimum absolute atomic E-state index is 0.126. The van der Waals surface area contributed by atoms with Crippen LogP contribution in [0.2, 0.25) is 5.02 Å². The van der Waals surface area contributed by atoms with Gasteiger partial charge in [-0.15, -0.1) is 0 Å². The fourth-order valence-electron chi connectivity index (χ4n) is 4.09. The molecule has 0 N–H and O–H groups in total. The van der Waals surface area contributed by atoms with Gasteiger partial charge in [-0.3, -0.25) is 0 Å². The lowest BCUT2D eigenvalue weighted by Crippen LogP contribution is -2.47. The number of benzene rings is 1. The number of piperazine rings is 1. The Morgan fingerprint density at radius 2 is 1.67 bits per heavy atom. The summed E-state index contributed by atoms with van der Waals surface area (Å²) in [5, 5.41) is 0.670. The summed E-state index contributed by atoms with van der Waals surface area (Å²) < 4.78 is 25.3. The molecule has 1 aliphatic rings. The molecule has 4 aromatic rings.